The van der Waals surface area contributed by atoms with Crippen molar-refractivity contribution in [3.05, 3.63) is 35.4 Å². The molecule has 6 heteroatoms. The molecular formula is C25H43N5O. The van der Waals surface area contributed by atoms with Gasteiger partial charge in [0.05, 0.1) is 0 Å². The lowest BCUT2D eigenvalue weighted by Gasteiger charge is -2.32. The summed E-state index contributed by atoms with van der Waals surface area (Å²) in [6.07, 6.45) is 6.39. The molecule has 0 radical (unpaired) electrons. The van der Waals surface area contributed by atoms with E-state index >= 15 is 0 Å². The van der Waals surface area contributed by atoms with Gasteiger partial charge in [0, 0.05) is 66.1 Å². The maximum atomic E-state index is 5.64. The van der Waals surface area contributed by atoms with Gasteiger partial charge in [-0.15, -0.1) is 0 Å². The summed E-state index contributed by atoms with van der Waals surface area (Å²) < 4.78 is 5.64. The first-order chi connectivity index (χ1) is 15.1. The van der Waals surface area contributed by atoms with E-state index in [0.29, 0.717) is 5.41 Å². The summed E-state index contributed by atoms with van der Waals surface area (Å²) in [6.45, 7) is 11.2. The molecule has 0 atom stereocenters. The van der Waals surface area contributed by atoms with Crippen LogP contribution >= 0.6 is 0 Å². The van der Waals surface area contributed by atoms with Crippen LogP contribution in [0.3, 0.4) is 0 Å². The summed E-state index contributed by atoms with van der Waals surface area (Å²) in [5.41, 5.74) is 3.04. The number of hydrogen-bond donors (Lipinski definition) is 2. The van der Waals surface area contributed by atoms with Crippen LogP contribution < -0.4 is 10.6 Å². The molecule has 2 N–H and O–H groups in total. The molecule has 174 valence electrons. The lowest BCUT2D eigenvalue weighted by Crippen LogP contribution is -2.43. The second kappa shape index (κ2) is 12.4. The second-order valence-electron chi connectivity index (χ2n) is 9.33. The Morgan fingerprint density at radius 3 is 2.35 bits per heavy atom. The van der Waals surface area contributed by atoms with Gasteiger partial charge in [0.2, 0.25) is 0 Å². The van der Waals surface area contributed by atoms with E-state index in [-0.39, 0.29) is 0 Å². The van der Waals surface area contributed by atoms with Crippen molar-refractivity contribution in [2.45, 2.75) is 52.1 Å². The molecule has 0 aromatic heterocycles. The van der Waals surface area contributed by atoms with Gasteiger partial charge in [-0.25, -0.2) is 0 Å². The molecule has 2 fully saturated rings. The Morgan fingerprint density at radius 1 is 1.03 bits per heavy atom. The number of piperazine rings is 1. The smallest absolute Gasteiger partial charge is 0.191 e. The van der Waals surface area contributed by atoms with Crippen molar-refractivity contribution in [2.75, 3.05) is 60.0 Å². The maximum Gasteiger partial charge on any atom is 0.191 e. The first kappa shape index (κ1) is 24.0. The van der Waals surface area contributed by atoms with Gasteiger partial charge in [-0.3, -0.25) is 9.89 Å². The number of likely N-dealkylation sites (N-methyl/N-ethyl adjacent to an activating group) is 1. The average molecular weight is 430 g/mol. The third-order valence-corrected chi connectivity index (χ3v) is 6.98. The van der Waals surface area contributed by atoms with Crippen LogP contribution in [-0.4, -0.2) is 75.8 Å². The molecule has 0 amide bonds. The van der Waals surface area contributed by atoms with Crippen LogP contribution in [-0.2, 0) is 17.8 Å². The van der Waals surface area contributed by atoms with Crippen LogP contribution in [0.15, 0.2) is 29.3 Å². The predicted molar refractivity (Wildman–Crippen MR) is 129 cm³/mol. The number of ether oxygens (including phenoxy) is 1. The molecule has 1 saturated heterocycles. The molecule has 6 nitrogen and oxygen atoms in total. The summed E-state index contributed by atoms with van der Waals surface area (Å²) >= 11 is 0. The molecule has 0 spiro atoms. The van der Waals surface area contributed by atoms with Crippen molar-refractivity contribution >= 4 is 5.96 Å². The Bertz CT molecular complexity index is 661. The summed E-state index contributed by atoms with van der Waals surface area (Å²) in [7, 11) is 4.06. The second-order valence-corrected chi connectivity index (χ2v) is 9.33. The van der Waals surface area contributed by atoms with E-state index < -0.39 is 0 Å². The van der Waals surface area contributed by atoms with E-state index in [4.69, 9.17) is 4.74 Å². The van der Waals surface area contributed by atoms with Crippen molar-refractivity contribution < 1.29 is 4.74 Å². The van der Waals surface area contributed by atoms with Crippen LogP contribution in [0.2, 0.25) is 0 Å². The monoisotopic (exact) mass is 429 g/mol. The lowest BCUT2D eigenvalue weighted by atomic mass is 9.83. The molecule has 1 heterocycles. The van der Waals surface area contributed by atoms with E-state index in [1.165, 1.54) is 49.9 Å². The normalized spacial score (nSPS) is 20.2. The van der Waals surface area contributed by atoms with Crippen LogP contribution in [0.1, 0.15) is 50.2 Å². The molecule has 31 heavy (non-hydrogen) atoms. The number of hydrogen-bond acceptors (Lipinski definition) is 4. The molecule has 1 aliphatic carbocycles. The highest BCUT2D eigenvalue weighted by molar-refractivity contribution is 5.79. The summed E-state index contributed by atoms with van der Waals surface area (Å²) in [6, 6.07) is 9.03. The van der Waals surface area contributed by atoms with Crippen molar-refractivity contribution in [1.29, 1.82) is 0 Å². The summed E-state index contributed by atoms with van der Waals surface area (Å²) in [4.78, 5) is 9.39. The maximum absolute atomic E-state index is 5.64. The predicted octanol–water partition coefficient (Wildman–Crippen LogP) is 3.09. The van der Waals surface area contributed by atoms with Crippen LogP contribution in [0.5, 0.6) is 0 Å². The third kappa shape index (κ3) is 7.78. The largest absolute Gasteiger partial charge is 0.382 e. The fraction of sp³-hybridized carbons (Fsp3) is 0.720. The summed E-state index contributed by atoms with van der Waals surface area (Å²) in [5, 5.41) is 7.08. The molecule has 1 aliphatic heterocycles. The van der Waals surface area contributed by atoms with Crippen LogP contribution in [0.25, 0.3) is 0 Å². The Hall–Kier alpha value is -1.63. The van der Waals surface area contributed by atoms with Gasteiger partial charge >= 0.3 is 0 Å². The van der Waals surface area contributed by atoms with Gasteiger partial charge in [0.15, 0.2) is 5.96 Å². The molecule has 1 saturated carbocycles. The molecule has 0 bridgehead atoms. The number of guanidine groups is 1. The van der Waals surface area contributed by atoms with Crippen molar-refractivity contribution in [1.82, 2.24) is 20.4 Å². The first-order valence-electron chi connectivity index (χ1n) is 12.1. The minimum atomic E-state index is 0.359. The fourth-order valence-corrected chi connectivity index (χ4v) is 4.78. The Morgan fingerprint density at radius 2 is 1.71 bits per heavy atom. The molecule has 1 aromatic rings. The van der Waals surface area contributed by atoms with Crippen molar-refractivity contribution in [3.63, 3.8) is 0 Å². The first-order valence-corrected chi connectivity index (χ1v) is 12.1. The molecule has 1 aromatic carbocycles. The fourth-order valence-electron chi connectivity index (χ4n) is 4.78. The van der Waals surface area contributed by atoms with Gasteiger partial charge in [-0.1, -0.05) is 37.1 Å². The SMILES string of the molecule is CCOCCC1(CNC(=NC)NCc2ccc(CN3CCN(C)CC3)cc2)CCCC1. The van der Waals surface area contributed by atoms with Gasteiger partial charge in [0.25, 0.3) is 0 Å². The van der Waals surface area contributed by atoms with E-state index in [1.54, 1.807) is 0 Å². The Kier molecular flexibility index (Phi) is 9.62. The highest BCUT2D eigenvalue weighted by atomic mass is 16.5. The zero-order chi connectivity index (χ0) is 21.9. The summed E-state index contributed by atoms with van der Waals surface area (Å²) in [5.74, 6) is 0.893. The number of nitrogens with one attached hydrogen (secondary N) is 2. The average Bonchev–Trinajstić information content (AvgIpc) is 3.26. The van der Waals surface area contributed by atoms with E-state index in [1.807, 2.05) is 7.05 Å². The van der Waals surface area contributed by atoms with E-state index in [0.717, 1.165) is 58.3 Å². The number of benzene rings is 1. The minimum Gasteiger partial charge on any atom is -0.382 e. The van der Waals surface area contributed by atoms with E-state index in [9.17, 15) is 0 Å². The Balaban J connectivity index is 1.42. The minimum absolute atomic E-state index is 0.359. The highest BCUT2D eigenvalue weighted by Crippen LogP contribution is 2.40. The number of nitrogens with zero attached hydrogens (tertiary/aromatic N) is 3. The van der Waals surface area contributed by atoms with Gasteiger partial charge < -0.3 is 20.3 Å². The zero-order valence-corrected chi connectivity index (χ0v) is 20.0. The standard InChI is InChI=1S/C25H43N5O/c1-4-31-18-13-25(11-5-6-12-25)21-28-24(26-2)27-19-22-7-9-23(10-8-22)20-30-16-14-29(3)15-17-30/h7-10H,4-6,11-21H2,1-3H3,(H2,26,27,28). The molecule has 2 aliphatic rings. The van der Waals surface area contributed by atoms with Crippen LogP contribution in [0, 0.1) is 5.41 Å². The number of aliphatic imine (C=N–C) groups is 1. The van der Waals surface area contributed by atoms with Gasteiger partial charge in [-0.2, -0.15) is 0 Å². The zero-order valence-electron chi connectivity index (χ0n) is 20.0. The number of rotatable bonds is 10. The topological polar surface area (TPSA) is 52.1 Å². The lowest BCUT2D eigenvalue weighted by molar-refractivity contribution is 0.105. The van der Waals surface area contributed by atoms with Crippen molar-refractivity contribution in [2.24, 2.45) is 10.4 Å². The third-order valence-electron chi connectivity index (χ3n) is 6.98. The molecule has 3 rings (SSSR count). The van der Waals surface area contributed by atoms with Gasteiger partial charge in [-0.05, 0) is 49.8 Å². The highest BCUT2D eigenvalue weighted by Gasteiger charge is 2.33. The van der Waals surface area contributed by atoms with E-state index in [2.05, 4.69) is 63.7 Å². The van der Waals surface area contributed by atoms with Gasteiger partial charge in [0.1, 0.15) is 0 Å². The molecule has 0 unspecified atom stereocenters. The van der Waals surface area contributed by atoms with Crippen LogP contribution in [0.4, 0.5) is 0 Å². The quantitative estimate of drug-likeness (QED) is 0.340. The molecular weight excluding hydrogens is 386 g/mol. The Labute approximate surface area is 189 Å². The van der Waals surface area contributed by atoms with Crippen molar-refractivity contribution in [3.8, 4) is 0 Å².